The van der Waals surface area contributed by atoms with Crippen molar-refractivity contribution < 1.29 is 18.0 Å². The molecule has 2 amide bonds. The van der Waals surface area contributed by atoms with Gasteiger partial charge in [-0.25, -0.2) is 8.42 Å². The molecular weight excluding hydrogens is 590 g/mol. The van der Waals surface area contributed by atoms with Gasteiger partial charge in [0.15, 0.2) is 0 Å². The first-order valence-electron chi connectivity index (χ1n) is 13.5. The van der Waals surface area contributed by atoms with E-state index < -0.39 is 28.5 Å². The molecule has 7 nitrogen and oxygen atoms in total. The van der Waals surface area contributed by atoms with Crippen LogP contribution in [0.15, 0.2) is 83.3 Å². The standard InChI is InChI=1S/C31H36BrN3O4S/c1-23-11-6-7-14-25(23)21-34(30(36)22-35(40(2,38)39)28-18-10-15-26(32)20-28)29(19-24-12-4-3-5-13-24)31(37)33-27-16-8-9-17-27/h3-7,10-15,18,20,27,29H,8-9,16-17,19,21-22H2,1-2H3,(H,33,37)/t29-/m1/s1. The molecule has 212 valence electrons. The van der Waals surface area contributed by atoms with Crippen LogP contribution in [0.1, 0.15) is 42.4 Å². The lowest BCUT2D eigenvalue weighted by Crippen LogP contribution is -2.54. The van der Waals surface area contributed by atoms with Gasteiger partial charge >= 0.3 is 0 Å². The average Bonchev–Trinajstić information content (AvgIpc) is 3.43. The highest BCUT2D eigenvalue weighted by Crippen LogP contribution is 2.24. The van der Waals surface area contributed by atoms with Crippen molar-refractivity contribution in [3.05, 3.63) is 100 Å². The number of nitrogens with one attached hydrogen (secondary N) is 1. The van der Waals surface area contributed by atoms with Crippen LogP contribution in [-0.2, 0) is 32.6 Å². The second-order valence-corrected chi connectivity index (χ2v) is 13.2. The fraction of sp³-hybridized carbons (Fsp3) is 0.355. The van der Waals surface area contributed by atoms with Gasteiger partial charge in [0, 0.05) is 23.5 Å². The lowest BCUT2D eigenvalue weighted by molar-refractivity contribution is -0.140. The van der Waals surface area contributed by atoms with Crippen molar-refractivity contribution in [1.29, 1.82) is 0 Å². The summed E-state index contributed by atoms with van der Waals surface area (Å²) in [5, 5.41) is 3.19. The molecule has 3 aromatic rings. The molecule has 1 aliphatic rings. The summed E-state index contributed by atoms with van der Waals surface area (Å²) in [6.07, 6.45) is 5.36. The molecule has 0 aliphatic heterocycles. The molecule has 9 heteroatoms. The Kier molecular flexibility index (Phi) is 10.0. The van der Waals surface area contributed by atoms with Crippen LogP contribution in [0.25, 0.3) is 0 Å². The molecule has 40 heavy (non-hydrogen) atoms. The summed E-state index contributed by atoms with van der Waals surface area (Å²) in [5.74, 6) is -0.665. The van der Waals surface area contributed by atoms with Crippen LogP contribution in [0, 0.1) is 6.92 Å². The van der Waals surface area contributed by atoms with Crippen LogP contribution in [-0.4, -0.2) is 50.0 Å². The minimum absolute atomic E-state index is 0.0790. The molecule has 4 rings (SSSR count). The third-order valence-electron chi connectivity index (χ3n) is 7.35. The number of halogens is 1. The highest BCUT2D eigenvalue weighted by Gasteiger charge is 2.34. The maximum atomic E-state index is 14.2. The summed E-state index contributed by atoms with van der Waals surface area (Å²) in [6, 6.07) is 23.4. The van der Waals surface area contributed by atoms with Crippen molar-refractivity contribution in [1.82, 2.24) is 10.2 Å². The van der Waals surface area contributed by atoms with E-state index in [0.29, 0.717) is 16.6 Å². The number of benzene rings is 3. The largest absolute Gasteiger partial charge is 0.352 e. The molecule has 3 aromatic carbocycles. The van der Waals surface area contributed by atoms with Gasteiger partial charge in [-0.1, -0.05) is 89.4 Å². The fourth-order valence-corrected chi connectivity index (χ4v) is 6.37. The topological polar surface area (TPSA) is 86.8 Å². The van der Waals surface area contributed by atoms with Crippen molar-refractivity contribution in [3.8, 4) is 0 Å². The number of sulfonamides is 1. The number of anilines is 1. The Bertz CT molecular complexity index is 1430. The molecular formula is C31H36BrN3O4S. The molecule has 1 fully saturated rings. The van der Waals surface area contributed by atoms with Crippen molar-refractivity contribution in [2.45, 2.75) is 57.7 Å². The van der Waals surface area contributed by atoms with Gasteiger partial charge in [0.05, 0.1) is 11.9 Å². The molecule has 0 aromatic heterocycles. The van der Waals surface area contributed by atoms with Gasteiger partial charge in [-0.05, 0) is 54.7 Å². The molecule has 1 aliphatic carbocycles. The van der Waals surface area contributed by atoms with E-state index in [0.717, 1.165) is 52.9 Å². The van der Waals surface area contributed by atoms with Crippen molar-refractivity contribution in [3.63, 3.8) is 0 Å². The number of carbonyl (C=O) groups is 2. The molecule has 0 radical (unpaired) electrons. The Morgan fingerprint density at radius 1 is 0.975 bits per heavy atom. The molecule has 1 atom stereocenters. The number of hydrogen-bond acceptors (Lipinski definition) is 4. The second kappa shape index (κ2) is 13.5. The predicted octanol–water partition coefficient (Wildman–Crippen LogP) is 5.22. The number of aryl methyl sites for hydroxylation is 1. The number of nitrogens with zero attached hydrogens (tertiary/aromatic N) is 2. The first kappa shape index (κ1) is 29.8. The van der Waals surface area contributed by atoms with Crippen LogP contribution in [0.3, 0.4) is 0 Å². The second-order valence-electron chi connectivity index (χ2n) is 10.4. The molecule has 0 spiro atoms. The Labute approximate surface area is 245 Å². The monoisotopic (exact) mass is 625 g/mol. The normalized spacial score (nSPS) is 14.5. The summed E-state index contributed by atoms with van der Waals surface area (Å²) in [6.45, 7) is 1.72. The summed E-state index contributed by atoms with van der Waals surface area (Å²) in [7, 11) is -3.80. The highest BCUT2D eigenvalue weighted by molar-refractivity contribution is 9.10. The van der Waals surface area contributed by atoms with Gasteiger partial charge < -0.3 is 10.2 Å². The number of rotatable bonds is 11. The van der Waals surface area contributed by atoms with Crippen molar-refractivity contribution >= 4 is 43.5 Å². The molecule has 0 bridgehead atoms. The van der Waals surface area contributed by atoms with Gasteiger partial charge in [-0.2, -0.15) is 0 Å². The van der Waals surface area contributed by atoms with E-state index in [1.807, 2.05) is 61.5 Å². The van der Waals surface area contributed by atoms with E-state index in [2.05, 4.69) is 21.2 Å². The summed E-state index contributed by atoms with van der Waals surface area (Å²) in [4.78, 5) is 29.6. The van der Waals surface area contributed by atoms with E-state index in [-0.39, 0.29) is 18.5 Å². The van der Waals surface area contributed by atoms with E-state index in [1.165, 1.54) is 0 Å². The molecule has 0 unspecified atom stereocenters. The average molecular weight is 627 g/mol. The van der Waals surface area contributed by atoms with Gasteiger partial charge in [-0.15, -0.1) is 0 Å². The zero-order valence-electron chi connectivity index (χ0n) is 22.9. The quantitative estimate of drug-likeness (QED) is 0.316. The SMILES string of the molecule is Cc1ccccc1CN(C(=O)CN(c1cccc(Br)c1)S(C)(=O)=O)[C@H](Cc1ccccc1)C(=O)NC1CCCC1. The third kappa shape index (κ3) is 7.95. The van der Waals surface area contributed by atoms with E-state index >= 15 is 0 Å². The predicted molar refractivity (Wildman–Crippen MR) is 162 cm³/mol. The summed E-state index contributed by atoms with van der Waals surface area (Å²) in [5.41, 5.74) is 3.18. The molecule has 1 N–H and O–H groups in total. The van der Waals surface area contributed by atoms with Crippen LogP contribution >= 0.6 is 15.9 Å². The minimum atomic E-state index is -3.80. The minimum Gasteiger partial charge on any atom is -0.352 e. The van der Waals surface area contributed by atoms with E-state index in [9.17, 15) is 18.0 Å². The summed E-state index contributed by atoms with van der Waals surface area (Å²) < 4.78 is 27.6. The maximum Gasteiger partial charge on any atom is 0.244 e. The smallest absolute Gasteiger partial charge is 0.244 e. The molecule has 0 saturated heterocycles. The van der Waals surface area contributed by atoms with Gasteiger partial charge in [0.25, 0.3) is 0 Å². The molecule has 1 saturated carbocycles. The van der Waals surface area contributed by atoms with Gasteiger partial charge in [-0.3, -0.25) is 13.9 Å². The van der Waals surface area contributed by atoms with E-state index in [4.69, 9.17) is 0 Å². The third-order valence-corrected chi connectivity index (χ3v) is 8.98. The zero-order valence-corrected chi connectivity index (χ0v) is 25.3. The van der Waals surface area contributed by atoms with Crippen molar-refractivity contribution in [2.24, 2.45) is 0 Å². The Morgan fingerprint density at radius 3 is 2.30 bits per heavy atom. The first-order chi connectivity index (χ1) is 19.1. The lowest BCUT2D eigenvalue weighted by Gasteiger charge is -2.34. The maximum absolute atomic E-state index is 14.2. The number of hydrogen-bond donors (Lipinski definition) is 1. The summed E-state index contributed by atoms with van der Waals surface area (Å²) >= 11 is 3.40. The van der Waals surface area contributed by atoms with Gasteiger partial charge in [0.2, 0.25) is 21.8 Å². The van der Waals surface area contributed by atoms with Crippen LogP contribution in [0.5, 0.6) is 0 Å². The Balaban J connectivity index is 1.73. The van der Waals surface area contributed by atoms with Crippen LogP contribution in [0.4, 0.5) is 5.69 Å². The van der Waals surface area contributed by atoms with Crippen LogP contribution < -0.4 is 9.62 Å². The fourth-order valence-electron chi connectivity index (χ4n) is 5.14. The zero-order chi connectivity index (χ0) is 28.7. The number of amides is 2. The van der Waals surface area contributed by atoms with Crippen LogP contribution in [0.2, 0.25) is 0 Å². The van der Waals surface area contributed by atoms with Crippen molar-refractivity contribution in [2.75, 3.05) is 17.1 Å². The Hall–Kier alpha value is -3.17. The van der Waals surface area contributed by atoms with Gasteiger partial charge in [0.1, 0.15) is 12.6 Å². The first-order valence-corrected chi connectivity index (χ1v) is 16.2. The lowest BCUT2D eigenvalue weighted by atomic mass is 10.0. The highest BCUT2D eigenvalue weighted by atomic mass is 79.9. The number of carbonyl (C=O) groups excluding carboxylic acids is 2. The molecule has 0 heterocycles. The Morgan fingerprint density at radius 2 is 1.65 bits per heavy atom. The van der Waals surface area contributed by atoms with E-state index in [1.54, 1.807) is 29.2 Å².